The maximum atomic E-state index is 13.3. The Morgan fingerprint density at radius 3 is 2.72 bits per heavy atom. The molecule has 3 heterocycles. The minimum Gasteiger partial charge on any atom is -0.497 e. The summed E-state index contributed by atoms with van der Waals surface area (Å²) in [5.74, 6) is -1.81. The van der Waals surface area contributed by atoms with Gasteiger partial charge in [0.25, 0.3) is 11.1 Å². The minimum atomic E-state index is -1.12. The number of esters is 1. The van der Waals surface area contributed by atoms with E-state index in [1.54, 1.807) is 24.3 Å². The first kappa shape index (κ1) is 21.4. The second-order valence-corrected chi connectivity index (χ2v) is 7.51. The van der Waals surface area contributed by atoms with Gasteiger partial charge in [-0.05, 0) is 35.7 Å². The lowest BCUT2D eigenvalue weighted by Crippen LogP contribution is -2.27. The van der Waals surface area contributed by atoms with Crippen molar-refractivity contribution in [3.63, 3.8) is 0 Å². The summed E-state index contributed by atoms with van der Waals surface area (Å²) in [6.45, 7) is 0. The predicted molar refractivity (Wildman–Crippen MR) is 118 cm³/mol. The third kappa shape index (κ3) is 3.78. The zero-order chi connectivity index (χ0) is 23.0. The molecule has 1 atom stereocenters. The molecule has 10 heteroatoms. The van der Waals surface area contributed by atoms with Crippen molar-refractivity contribution in [1.29, 1.82) is 0 Å². The lowest BCUT2D eigenvalue weighted by atomic mass is 9.89. The number of halogens is 1. The quantitative estimate of drug-likeness (QED) is 0.443. The number of carbonyl (C=O) groups excluding carboxylic acids is 1. The molecule has 0 aliphatic heterocycles. The molecule has 1 aromatic carbocycles. The summed E-state index contributed by atoms with van der Waals surface area (Å²) in [7, 11) is 2.71. The van der Waals surface area contributed by atoms with E-state index >= 15 is 0 Å². The Balaban J connectivity index is 1.99. The standard InChI is InChI=1S/C22H18ClN3O6/c1-31-13-5-3-11-7-15(20(28)24-16(11)8-13)14(9-18(27)32-2)19-21(29)25-17-6-4-12(23)10-26(17)22(19)30/h3-8,10,14,29H,9H2,1-2H3,(H,24,28). The van der Waals surface area contributed by atoms with Crippen molar-refractivity contribution in [3.8, 4) is 11.6 Å². The maximum absolute atomic E-state index is 13.3. The maximum Gasteiger partial charge on any atom is 0.306 e. The van der Waals surface area contributed by atoms with E-state index in [2.05, 4.69) is 9.97 Å². The van der Waals surface area contributed by atoms with Crippen molar-refractivity contribution in [1.82, 2.24) is 14.4 Å². The number of ether oxygens (including phenoxy) is 2. The molecule has 0 bridgehead atoms. The highest BCUT2D eigenvalue weighted by Crippen LogP contribution is 2.31. The number of benzene rings is 1. The van der Waals surface area contributed by atoms with Crippen LogP contribution in [0.3, 0.4) is 0 Å². The number of nitrogens with one attached hydrogen (secondary N) is 1. The average Bonchev–Trinajstić information content (AvgIpc) is 2.78. The molecule has 9 nitrogen and oxygen atoms in total. The van der Waals surface area contributed by atoms with Crippen LogP contribution in [0, 0.1) is 0 Å². The van der Waals surface area contributed by atoms with Gasteiger partial charge in [-0.2, -0.15) is 4.98 Å². The van der Waals surface area contributed by atoms with Crippen LogP contribution in [0.5, 0.6) is 11.6 Å². The first-order valence-corrected chi connectivity index (χ1v) is 9.88. The van der Waals surface area contributed by atoms with Crippen LogP contribution in [-0.2, 0) is 9.53 Å². The number of hydrogen-bond donors (Lipinski definition) is 2. The molecular weight excluding hydrogens is 438 g/mol. The Kier molecular flexibility index (Phi) is 5.58. The fourth-order valence-electron chi connectivity index (χ4n) is 3.62. The van der Waals surface area contributed by atoms with Crippen LogP contribution in [0.2, 0.25) is 5.02 Å². The summed E-state index contributed by atoms with van der Waals surface area (Å²) in [6.07, 6.45) is 0.986. The second-order valence-electron chi connectivity index (χ2n) is 7.07. The summed E-state index contributed by atoms with van der Waals surface area (Å²) in [5.41, 5.74) is -0.623. The molecule has 164 valence electrons. The van der Waals surface area contributed by atoms with Gasteiger partial charge in [0.15, 0.2) is 0 Å². The molecule has 0 saturated heterocycles. The van der Waals surface area contributed by atoms with Crippen LogP contribution in [0.1, 0.15) is 23.5 Å². The van der Waals surface area contributed by atoms with E-state index in [0.29, 0.717) is 16.7 Å². The van der Waals surface area contributed by atoms with Gasteiger partial charge in [0.1, 0.15) is 11.4 Å². The lowest BCUT2D eigenvalue weighted by molar-refractivity contribution is -0.140. The molecule has 32 heavy (non-hydrogen) atoms. The number of aromatic hydroxyl groups is 1. The van der Waals surface area contributed by atoms with Crippen molar-refractivity contribution < 1.29 is 19.4 Å². The SMILES string of the molecule is COC(=O)CC(c1cc2ccc(OC)cc2[nH]c1=O)c1c(O)nc2ccc(Cl)cn2c1=O. The van der Waals surface area contributed by atoms with Crippen LogP contribution in [0.4, 0.5) is 0 Å². The summed E-state index contributed by atoms with van der Waals surface area (Å²) in [4.78, 5) is 45.2. The number of H-pyrrole nitrogens is 1. The highest BCUT2D eigenvalue weighted by atomic mass is 35.5. The number of hydrogen-bond acceptors (Lipinski definition) is 7. The number of pyridine rings is 2. The molecule has 4 aromatic rings. The normalized spacial score (nSPS) is 12.1. The number of aromatic nitrogens is 3. The van der Waals surface area contributed by atoms with Crippen LogP contribution in [0.25, 0.3) is 16.6 Å². The van der Waals surface area contributed by atoms with Crippen LogP contribution < -0.4 is 15.9 Å². The third-order valence-corrected chi connectivity index (χ3v) is 5.43. The molecule has 2 N–H and O–H groups in total. The fraction of sp³-hybridized carbons (Fsp3) is 0.182. The molecule has 0 fully saturated rings. The average molecular weight is 456 g/mol. The van der Waals surface area contributed by atoms with Crippen LogP contribution in [0.15, 0.2) is 52.2 Å². The largest absolute Gasteiger partial charge is 0.497 e. The van der Waals surface area contributed by atoms with Gasteiger partial charge in [-0.25, -0.2) is 0 Å². The van der Waals surface area contributed by atoms with Crippen molar-refractivity contribution in [3.05, 3.63) is 79.5 Å². The van der Waals surface area contributed by atoms with Crippen molar-refractivity contribution >= 4 is 34.1 Å². The number of rotatable bonds is 5. The smallest absolute Gasteiger partial charge is 0.306 e. The molecule has 3 aromatic heterocycles. The van der Waals surface area contributed by atoms with Gasteiger partial charge in [-0.3, -0.25) is 18.8 Å². The van der Waals surface area contributed by atoms with E-state index in [4.69, 9.17) is 21.1 Å². The molecule has 0 aliphatic carbocycles. The van der Waals surface area contributed by atoms with E-state index in [0.717, 1.165) is 4.40 Å². The number of nitrogens with zero attached hydrogens (tertiary/aromatic N) is 2. The van der Waals surface area contributed by atoms with Crippen molar-refractivity contribution in [2.75, 3.05) is 14.2 Å². The molecule has 0 amide bonds. The summed E-state index contributed by atoms with van der Waals surface area (Å²) >= 11 is 6.01. The Morgan fingerprint density at radius 2 is 2.00 bits per heavy atom. The minimum absolute atomic E-state index is 0.101. The molecular formula is C22H18ClN3O6. The van der Waals surface area contributed by atoms with Crippen LogP contribution in [-0.4, -0.2) is 39.7 Å². The molecule has 1 unspecified atom stereocenters. The number of methoxy groups -OCH3 is 2. The van der Waals surface area contributed by atoms with E-state index in [1.165, 1.54) is 32.5 Å². The Hall–Kier alpha value is -3.85. The highest BCUT2D eigenvalue weighted by molar-refractivity contribution is 6.30. The van der Waals surface area contributed by atoms with Crippen molar-refractivity contribution in [2.24, 2.45) is 0 Å². The Labute approximate surface area is 185 Å². The monoisotopic (exact) mass is 455 g/mol. The van der Waals surface area contributed by atoms with Gasteiger partial charge in [0, 0.05) is 23.7 Å². The third-order valence-electron chi connectivity index (χ3n) is 5.21. The summed E-state index contributed by atoms with van der Waals surface area (Å²) in [6, 6.07) is 9.66. The number of carbonyl (C=O) groups is 1. The van der Waals surface area contributed by atoms with Gasteiger partial charge >= 0.3 is 5.97 Å². The Bertz CT molecular complexity index is 1480. The van der Waals surface area contributed by atoms with E-state index < -0.39 is 28.9 Å². The fourth-order valence-corrected chi connectivity index (χ4v) is 3.78. The van der Waals surface area contributed by atoms with Gasteiger partial charge < -0.3 is 19.6 Å². The predicted octanol–water partition coefficient (Wildman–Crippen LogP) is 2.60. The van der Waals surface area contributed by atoms with Gasteiger partial charge in [0.2, 0.25) is 5.88 Å². The zero-order valence-corrected chi connectivity index (χ0v) is 17.8. The summed E-state index contributed by atoms with van der Waals surface area (Å²) in [5, 5.41) is 11.5. The zero-order valence-electron chi connectivity index (χ0n) is 17.1. The first-order valence-electron chi connectivity index (χ1n) is 9.51. The molecule has 0 spiro atoms. The lowest BCUT2D eigenvalue weighted by Gasteiger charge is -2.17. The second kappa shape index (κ2) is 8.35. The highest BCUT2D eigenvalue weighted by Gasteiger charge is 2.29. The summed E-state index contributed by atoms with van der Waals surface area (Å²) < 4.78 is 11.1. The van der Waals surface area contributed by atoms with Crippen molar-refractivity contribution in [2.45, 2.75) is 12.3 Å². The van der Waals surface area contributed by atoms with Gasteiger partial charge in [-0.1, -0.05) is 11.6 Å². The van der Waals surface area contributed by atoms with E-state index in [-0.39, 0.29) is 28.2 Å². The number of fused-ring (bicyclic) bond motifs is 2. The molecule has 0 aliphatic rings. The first-order chi connectivity index (χ1) is 15.3. The van der Waals surface area contributed by atoms with E-state index in [1.807, 2.05) is 0 Å². The Morgan fingerprint density at radius 1 is 1.22 bits per heavy atom. The molecule has 0 radical (unpaired) electrons. The molecule has 0 saturated carbocycles. The van der Waals surface area contributed by atoms with Crippen LogP contribution >= 0.6 is 11.6 Å². The molecule has 4 rings (SSSR count). The van der Waals surface area contributed by atoms with E-state index in [9.17, 15) is 19.5 Å². The van der Waals surface area contributed by atoms with Gasteiger partial charge in [0.05, 0.1) is 36.7 Å². The topological polar surface area (TPSA) is 123 Å². The van der Waals surface area contributed by atoms with Gasteiger partial charge in [-0.15, -0.1) is 0 Å². The number of aromatic amines is 1.